The number of aromatic nitrogens is 3. The van der Waals surface area contributed by atoms with Crippen molar-refractivity contribution in [2.75, 3.05) is 5.32 Å². The molecule has 0 saturated carbocycles. The summed E-state index contributed by atoms with van der Waals surface area (Å²) in [5, 5.41) is 13.1. The second-order valence-electron chi connectivity index (χ2n) is 6.01. The van der Waals surface area contributed by atoms with E-state index in [9.17, 15) is 4.79 Å². The van der Waals surface area contributed by atoms with Crippen molar-refractivity contribution in [3.05, 3.63) is 50.4 Å². The van der Waals surface area contributed by atoms with E-state index >= 15 is 0 Å². The quantitative estimate of drug-likeness (QED) is 0.593. The molecule has 8 heteroatoms. The molecule has 2 aromatic heterocycles. The number of ether oxygens (including phenoxy) is 1. The van der Waals surface area contributed by atoms with E-state index in [1.165, 1.54) is 28.2 Å². The molecule has 6 nitrogen and oxygen atoms in total. The Kier molecular flexibility index (Phi) is 6.52. The molecule has 0 bridgehead atoms. The van der Waals surface area contributed by atoms with Crippen molar-refractivity contribution in [2.24, 2.45) is 0 Å². The van der Waals surface area contributed by atoms with Crippen molar-refractivity contribution < 1.29 is 9.53 Å². The zero-order chi connectivity index (χ0) is 19.2. The van der Waals surface area contributed by atoms with Gasteiger partial charge in [0.05, 0.1) is 5.69 Å². The van der Waals surface area contributed by atoms with Crippen LogP contribution in [-0.4, -0.2) is 21.1 Å². The van der Waals surface area contributed by atoms with Crippen molar-refractivity contribution in [1.82, 2.24) is 15.2 Å². The van der Waals surface area contributed by atoms with Crippen molar-refractivity contribution in [1.29, 1.82) is 0 Å². The van der Waals surface area contributed by atoms with Crippen molar-refractivity contribution in [2.45, 2.75) is 46.6 Å². The molecule has 0 atom stereocenters. The zero-order valence-electron chi connectivity index (χ0n) is 15.6. The molecule has 2 heterocycles. The molecule has 0 fully saturated rings. The second-order valence-corrected chi connectivity index (χ2v) is 8.16. The van der Waals surface area contributed by atoms with Crippen LogP contribution in [-0.2, 0) is 19.4 Å². The number of rotatable bonds is 8. The molecule has 1 aromatic carbocycles. The van der Waals surface area contributed by atoms with Gasteiger partial charge < -0.3 is 4.74 Å². The first-order valence-corrected chi connectivity index (χ1v) is 10.5. The van der Waals surface area contributed by atoms with Gasteiger partial charge in [-0.25, -0.2) is 4.98 Å². The smallest absolute Gasteiger partial charge is 0.269 e. The lowest BCUT2D eigenvalue weighted by Crippen LogP contribution is -2.11. The number of carbonyl (C=O) groups is 1. The van der Waals surface area contributed by atoms with Gasteiger partial charge in [0.25, 0.3) is 5.91 Å². The van der Waals surface area contributed by atoms with Crippen LogP contribution in [0.15, 0.2) is 24.3 Å². The maximum atomic E-state index is 12.5. The van der Waals surface area contributed by atoms with E-state index in [0.29, 0.717) is 22.3 Å². The largest absolute Gasteiger partial charge is 0.486 e. The van der Waals surface area contributed by atoms with Crippen LogP contribution in [0.5, 0.6) is 5.75 Å². The Bertz CT molecular complexity index is 903. The predicted octanol–water partition coefficient (Wildman–Crippen LogP) is 4.65. The number of hydrogen-bond donors (Lipinski definition) is 1. The van der Waals surface area contributed by atoms with E-state index in [4.69, 9.17) is 4.74 Å². The third-order valence-electron chi connectivity index (χ3n) is 3.89. The standard InChI is InChI=1S/C19H22N4O2S2/c1-4-6-15-22-23-19(27-15)21-18(24)17-12(3)20-16(26-17)11-25-14-9-7-13(5-2)8-10-14/h7-10H,4-6,11H2,1-3H3,(H,21,23,24). The van der Waals surface area contributed by atoms with Crippen LogP contribution < -0.4 is 10.1 Å². The zero-order valence-corrected chi connectivity index (χ0v) is 17.2. The van der Waals surface area contributed by atoms with Gasteiger partial charge >= 0.3 is 0 Å². The van der Waals surface area contributed by atoms with E-state index in [2.05, 4.69) is 46.5 Å². The summed E-state index contributed by atoms with van der Waals surface area (Å²) in [6.45, 7) is 6.37. The molecule has 27 heavy (non-hydrogen) atoms. The summed E-state index contributed by atoms with van der Waals surface area (Å²) in [5.41, 5.74) is 1.96. The number of anilines is 1. The maximum Gasteiger partial charge on any atom is 0.269 e. The minimum atomic E-state index is -0.206. The van der Waals surface area contributed by atoms with Crippen LogP contribution in [0.4, 0.5) is 5.13 Å². The Morgan fingerprint density at radius 1 is 1.11 bits per heavy atom. The number of carbonyl (C=O) groups excluding carboxylic acids is 1. The van der Waals surface area contributed by atoms with Gasteiger partial charge in [-0.3, -0.25) is 10.1 Å². The average Bonchev–Trinajstić information content (AvgIpc) is 3.27. The van der Waals surface area contributed by atoms with Crippen molar-refractivity contribution in [3.63, 3.8) is 0 Å². The normalized spacial score (nSPS) is 10.8. The minimum absolute atomic E-state index is 0.206. The lowest BCUT2D eigenvalue weighted by molar-refractivity contribution is 0.102. The monoisotopic (exact) mass is 402 g/mol. The summed E-state index contributed by atoms with van der Waals surface area (Å²) in [7, 11) is 0. The van der Waals surface area contributed by atoms with Crippen LogP contribution in [0.1, 0.15) is 51.2 Å². The van der Waals surface area contributed by atoms with Gasteiger partial charge in [0, 0.05) is 6.42 Å². The first kappa shape index (κ1) is 19.4. The van der Waals surface area contributed by atoms with Gasteiger partial charge in [0.2, 0.25) is 5.13 Å². The summed E-state index contributed by atoms with van der Waals surface area (Å²) in [5.74, 6) is 0.589. The summed E-state index contributed by atoms with van der Waals surface area (Å²) in [4.78, 5) is 17.5. The molecule has 1 N–H and O–H groups in total. The molecule has 3 aromatic rings. The molecule has 0 spiro atoms. The van der Waals surface area contributed by atoms with E-state index in [1.54, 1.807) is 0 Å². The van der Waals surface area contributed by atoms with Gasteiger partial charge in [0.15, 0.2) is 0 Å². The van der Waals surface area contributed by atoms with Gasteiger partial charge in [-0.2, -0.15) is 0 Å². The highest BCUT2D eigenvalue weighted by Gasteiger charge is 2.17. The van der Waals surface area contributed by atoms with E-state index in [1.807, 2.05) is 19.1 Å². The van der Waals surface area contributed by atoms with Crippen molar-refractivity contribution in [3.8, 4) is 5.75 Å². The molecule has 0 aliphatic rings. The Labute approximate surface area is 166 Å². The molecule has 0 aliphatic heterocycles. The molecule has 0 aliphatic carbocycles. The number of thiazole rings is 1. The van der Waals surface area contributed by atoms with Gasteiger partial charge in [-0.1, -0.05) is 37.3 Å². The summed E-state index contributed by atoms with van der Waals surface area (Å²) >= 11 is 2.75. The number of benzene rings is 1. The molecule has 1 amide bonds. The van der Waals surface area contributed by atoms with Crippen LogP contribution in [0.3, 0.4) is 0 Å². The van der Waals surface area contributed by atoms with E-state index in [0.717, 1.165) is 35.0 Å². The molecular weight excluding hydrogens is 380 g/mol. The molecule has 0 unspecified atom stereocenters. The third-order valence-corrected chi connectivity index (χ3v) is 5.92. The number of aryl methyl sites for hydroxylation is 3. The van der Waals surface area contributed by atoms with Gasteiger partial charge in [-0.05, 0) is 37.5 Å². The Morgan fingerprint density at radius 3 is 2.59 bits per heavy atom. The Balaban J connectivity index is 1.61. The first-order chi connectivity index (χ1) is 13.1. The highest BCUT2D eigenvalue weighted by molar-refractivity contribution is 7.16. The number of nitrogens with zero attached hydrogens (tertiary/aromatic N) is 3. The predicted molar refractivity (Wildman–Crippen MR) is 109 cm³/mol. The van der Waals surface area contributed by atoms with Crippen LogP contribution >= 0.6 is 22.7 Å². The van der Waals surface area contributed by atoms with Crippen molar-refractivity contribution >= 4 is 33.7 Å². The van der Waals surface area contributed by atoms with Crippen LogP contribution in [0.2, 0.25) is 0 Å². The number of amides is 1. The van der Waals surface area contributed by atoms with E-state index < -0.39 is 0 Å². The summed E-state index contributed by atoms with van der Waals surface area (Å²) in [6, 6.07) is 8.01. The van der Waals surface area contributed by atoms with Gasteiger partial charge in [0.1, 0.15) is 27.2 Å². The van der Waals surface area contributed by atoms with Crippen LogP contribution in [0.25, 0.3) is 0 Å². The summed E-state index contributed by atoms with van der Waals surface area (Å²) < 4.78 is 5.78. The first-order valence-electron chi connectivity index (χ1n) is 8.90. The Morgan fingerprint density at radius 2 is 1.89 bits per heavy atom. The molecule has 0 saturated heterocycles. The Hall–Kier alpha value is -2.32. The summed E-state index contributed by atoms with van der Waals surface area (Å²) in [6.07, 6.45) is 2.87. The third kappa shape index (κ3) is 5.11. The second kappa shape index (κ2) is 9.05. The highest BCUT2D eigenvalue weighted by Crippen LogP contribution is 2.23. The maximum absolute atomic E-state index is 12.5. The molecular formula is C19H22N4O2S2. The number of nitrogens with one attached hydrogen (secondary N) is 1. The topological polar surface area (TPSA) is 77.0 Å². The lowest BCUT2D eigenvalue weighted by atomic mass is 10.2. The fraction of sp³-hybridized carbons (Fsp3) is 0.368. The molecule has 142 valence electrons. The minimum Gasteiger partial charge on any atom is -0.486 e. The lowest BCUT2D eigenvalue weighted by Gasteiger charge is -2.04. The fourth-order valence-electron chi connectivity index (χ4n) is 2.46. The van der Waals surface area contributed by atoms with Gasteiger partial charge in [-0.15, -0.1) is 21.5 Å². The van der Waals surface area contributed by atoms with Crippen LogP contribution in [0, 0.1) is 6.92 Å². The molecule has 3 rings (SSSR count). The average molecular weight is 403 g/mol. The van der Waals surface area contributed by atoms with E-state index in [-0.39, 0.29) is 5.91 Å². The molecule has 0 radical (unpaired) electrons. The SMILES string of the molecule is CCCc1nnc(NC(=O)c2sc(COc3ccc(CC)cc3)nc2C)s1. The fourth-order valence-corrected chi connectivity index (χ4v) is 4.17. The number of hydrogen-bond acceptors (Lipinski definition) is 7. The highest BCUT2D eigenvalue weighted by atomic mass is 32.1.